The fourth-order valence-corrected chi connectivity index (χ4v) is 2.00. The molecular weight excluding hydrogens is 252 g/mol. The first kappa shape index (κ1) is 14.2. The maximum absolute atomic E-state index is 11.1. The first-order valence-electron chi connectivity index (χ1n) is 6.60. The molecule has 0 aliphatic rings. The van der Waals surface area contributed by atoms with Gasteiger partial charge in [0.1, 0.15) is 5.69 Å². The van der Waals surface area contributed by atoms with Crippen molar-refractivity contribution in [2.45, 2.75) is 20.0 Å². The van der Waals surface area contributed by atoms with Crippen LogP contribution in [0.25, 0.3) is 11.3 Å². The molecule has 0 spiro atoms. The highest BCUT2D eigenvalue weighted by molar-refractivity contribution is 5.91. The van der Waals surface area contributed by atoms with Gasteiger partial charge in [0.25, 0.3) is 5.91 Å². The zero-order valence-electron chi connectivity index (χ0n) is 11.7. The van der Waals surface area contributed by atoms with Gasteiger partial charge in [0.2, 0.25) is 0 Å². The number of pyridine rings is 1. The van der Waals surface area contributed by atoms with E-state index >= 15 is 0 Å². The summed E-state index contributed by atoms with van der Waals surface area (Å²) in [5, 5.41) is 0. The number of nitrogens with zero attached hydrogens (tertiary/aromatic N) is 1. The van der Waals surface area contributed by atoms with Crippen molar-refractivity contribution in [2.24, 2.45) is 5.73 Å². The summed E-state index contributed by atoms with van der Waals surface area (Å²) < 4.78 is 5.55. The molecule has 4 nitrogen and oxygen atoms in total. The number of amides is 1. The van der Waals surface area contributed by atoms with Gasteiger partial charge in [-0.15, -0.1) is 0 Å². The van der Waals surface area contributed by atoms with Crippen molar-refractivity contribution in [3.63, 3.8) is 0 Å². The van der Waals surface area contributed by atoms with E-state index in [4.69, 9.17) is 10.5 Å². The Morgan fingerprint density at radius 1 is 1.25 bits per heavy atom. The van der Waals surface area contributed by atoms with Crippen molar-refractivity contribution in [2.75, 3.05) is 6.61 Å². The summed E-state index contributed by atoms with van der Waals surface area (Å²) in [6.07, 6.45) is 0.0685. The Morgan fingerprint density at radius 3 is 2.55 bits per heavy atom. The van der Waals surface area contributed by atoms with Crippen LogP contribution >= 0.6 is 0 Å². The number of hydrogen-bond acceptors (Lipinski definition) is 3. The van der Waals surface area contributed by atoms with Crippen LogP contribution in [0.3, 0.4) is 0 Å². The average Bonchev–Trinajstić information content (AvgIpc) is 2.48. The lowest BCUT2D eigenvalue weighted by Gasteiger charge is -2.12. The Balaban J connectivity index is 2.26. The predicted octanol–water partition coefficient (Wildman–Crippen LogP) is 2.95. The van der Waals surface area contributed by atoms with E-state index < -0.39 is 5.91 Å². The van der Waals surface area contributed by atoms with Crippen molar-refractivity contribution in [3.05, 3.63) is 53.7 Å². The molecule has 2 N–H and O–H groups in total. The zero-order chi connectivity index (χ0) is 14.5. The molecule has 1 atom stereocenters. The average molecular weight is 270 g/mol. The zero-order valence-corrected chi connectivity index (χ0v) is 11.7. The number of hydrogen-bond donors (Lipinski definition) is 1. The predicted molar refractivity (Wildman–Crippen MR) is 78.2 cm³/mol. The fourth-order valence-electron chi connectivity index (χ4n) is 2.00. The van der Waals surface area contributed by atoms with Crippen LogP contribution in [-0.2, 0) is 4.74 Å². The minimum absolute atomic E-state index is 0.0685. The molecule has 1 heterocycles. The lowest BCUT2D eigenvalue weighted by Crippen LogP contribution is -2.13. The Bertz CT molecular complexity index is 594. The second-order valence-electron chi connectivity index (χ2n) is 4.49. The SMILES string of the molecule is CCOC(C)c1ccc(-c2cccc(C(N)=O)n2)cc1. The topological polar surface area (TPSA) is 65.2 Å². The minimum atomic E-state index is -0.520. The fraction of sp³-hybridized carbons (Fsp3) is 0.250. The Labute approximate surface area is 118 Å². The third kappa shape index (κ3) is 3.22. The van der Waals surface area contributed by atoms with Crippen LogP contribution in [0.1, 0.15) is 36.0 Å². The molecule has 1 aromatic carbocycles. The molecule has 0 bridgehead atoms. The number of rotatable bonds is 5. The van der Waals surface area contributed by atoms with Gasteiger partial charge < -0.3 is 10.5 Å². The van der Waals surface area contributed by atoms with Gasteiger partial charge in [0, 0.05) is 12.2 Å². The first-order chi connectivity index (χ1) is 9.61. The van der Waals surface area contributed by atoms with Gasteiger partial charge in [-0.25, -0.2) is 4.98 Å². The van der Waals surface area contributed by atoms with Crippen molar-refractivity contribution in [1.82, 2.24) is 4.98 Å². The molecule has 4 heteroatoms. The monoisotopic (exact) mass is 270 g/mol. The van der Waals surface area contributed by atoms with Crippen molar-refractivity contribution in [3.8, 4) is 11.3 Å². The lowest BCUT2D eigenvalue weighted by molar-refractivity contribution is 0.0764. The number of ether oxygens (including phenoxy) is 1. The van der Waals surface area contributed by atoms with Gasteiger partial charge in [-0.2, -0.15) is 0 Å². The summed E-state index contributed by atoms with van der Waals surface area (Å²) in [5.41, 5.74) is 8.30. The largest absolute Gasteiger partial charge is 0.374 e. The highest BCUT2D eigenvalue weighted by Gasteiger charge is 2.07. The third-order valence-electron chi connectivity index (χ3n) is 3.09. The van der Waals surface area contributed by atoms with Crippen LogP contribution in [0.4, 0.5) is 0 Å². The molecule has 0 aliphatic heterocycles. The molecule has 1 unspecified atom stereocenters. The Morgan fingerprint density at radius 2 is 1.95 bits per heavy atom. The lowest BCUT2D eigenvalue weighted by atomic mass is 10.1. The Hall–Kier alpha value is -2.20. The minimum Gasteiger partial charge on any atom is -0.374 e. The molecule has 0 saturated heterocycles. The van der Waals surface area contributed by atoms with Gasteiger partial charge in [-0.3, -0.25) is 4.79 Å². The molecule has 1 amide bonds. The van der Waals surface area contributed by atoms with Gasteiger partial charge in [-0.1, -0.05) is 30.3 Å². The number of carbonyl (C=O) groups excluding carboxylic acids is 1. The summed E-state index contributed by atoms with van der Waals surface area (Å²) in [4.78, 5) is 15.4. The van der Waals surface area contributed by atoms with E-state index in [9.17, 15) is 4.79 Å². The summed E-state index contributed by atoms with van der Waals surface area (Å²) in [6.45, 7) is 4.68. The van der Waals surface area contributed by atoms with Gasteiger partial charge in [0.15, 0.2) is 0 Å². The number of nitrogens with two attached hydrogens (primary N) is 1. The van der Waals surface area contributed by atoms with Crippen molar-refractivity contribution < 1.29 is 9.53 Å². The summed E-state index contributed by atoms with van der Waals surface area (Å²) in [7, 11) is 0. The van der Waals surface area contributed by atoms with Crippen LogP contribution in [0, 0.1) is 0 Å². The third-order valence-corrected chi connectivity index (χ3v) is 3.09. The summed E-state index contributed by atoms with van der Waals surface area (Å²) >= 11 is 0. The second-order valence-corrected chi connectivity index (χ2v) is 4.49. The van der Waals surface area contributed by atoms with Gasteiger partial charge in [-0.05, 0) is 31.5 Å². The van der Waals surface area contributed by atoms with E-state index in [0.717, 1.165) is 16.8 Å². The maximum atomic E-state index is 11.1. The molecular formula is C16H18N2O2. The number of benzene rings is 1. The second kappa shape index (κ2) is 6.30. The molecule has 0 fully saturated rings. The molecule has 104 valence electrons. The van der Waals surface area contributed by atoms with E-state index in [1.54, 1.807) is 12.1 Å². The molecule has 0 saturated carbocycles. The molecule has 0 radical (unpaired) electrons. The number of aromatic nitrogens is 1. The standard InChI is InChI=1S/C16H18N2O2/c1-3-20-11(2)12-7-9-13(10-8-12)14-5-4-6-15(18-14)16(17)19/h4-11H,3H2,1-2H3,(H2,17,19). The highest BCUT2D eigenvalue weighted by Crippen LogP contribution is 2.22. The van der Waals surface area contributed by atoms with Crippen LogP contribution < -0.4 is 5.73 Å². The first-order valence-corrected chi connectivity index (χ1v) is 6.60. The van der Waals surface area contributed by atoms with Gasteiger partial charge in [0.05, 0.1) is 11.8 Å². The van der Waals surface area contributed by atoms with Crippen molar-refractivity contribution >= 4 is 5.91 Å². The highest BCUT2D eigenvalue weighted by atomic mass is 16.5. The van der Waals surface area contributed by atoms with E-state index in [1.807, 2.05) is 44.2 Å². The van der Waals surface area contributed by atoms with Crippen LogP contribution in [0.15, 0.2) is 42.5 Å². The molecule has 2 rings (SSSR count). The van der Waals surface area contributed by atoms with E-state index in [2.05, 4.69) is 4.98 Å². The Kier molecular flexibility index (Phi) is 4.48. The summed E-state index contributed by atoms with van der Waals surface area (Å²) in [6, 6.07) is 13.2. The molecule has 0 aliphatic carbocycles. The number of carbonyl (C=O) groups is 1. The molecule has 1 aromatic heterocycles. The van der Waals surface area contributed by atoms with E-state index in [1.165, 1.54) is 0 Å². The van der Waals surface area contributed by atoms with Crippen LogP contribution in [0.2, 0.25) is 0 Å². The van der Waals surface area contributed by atoms with Gasteiger partial charge >= 0.3 is 0 Å². The molecule has 2 aromatic rings. The molecule has 20 heavy (non-hydrogen) atoms. The van der Waals surface area contributed by atoms with Crippen LogP contribution in [-0.4, -0.2) is 17.5 Å². The maximum Gasteiger partial charge on any atom is 0.267 e. The summed E-state index contributed by atoms with van der Waals surface area (Å²) in [5.74, 6) is -0.520. The van der Waals surface area contributed by atoms with E-state index in [-0.39, 0.29) is 11.8 Å². The smallest absolute Gasteiger partial charge is 0.267 e. The quantitative estimate of drug-likeness (QED) is 0.908. The van der Waals surface area contributed by atoms with Crippen molar-refractivity contribution in [1.29, 1.82) is 0 Å². The normalized spacial score (nSPS) is 12.1. The van der Waals surface area contributed by atoms with E-state index in [0.29, 0.717) is 6.61 Å². The van der Waals surface area contributed by atoms with Crippen LogP contribution in [0.5, 0.6) is 0 Å². The number of primary amides is 1.